The Balaban J connectivity index is 2.61. The van der Waals surface area contributed by atoms with E-state index in [1.54, 1.807) is 6.92 Å². The lowest BCUT2D eigenvalue weighted by Gasteiger charge is -2.13. The first-order chi connectivity index (χ1) is 6.04. The molecule has 2 nitrogen and oxygen atoms in total. The second-order valence-electron chi connectivity index (χ2n) is 3.60. The number of rotatable bonds is 1. The molecule has 0 radical (unpaired) electrons. The van der Waals surface area contributed by atoms with E-state index < -0.39 is 5.60 Å². The smallest absolute Gasteiger partial charge is 0.126 e. The van der Waals surface area contributed by atoms with Crippen LogP contribution in [0, 0.1) is 12.7 Å². The molecule has 0 aromatic heterocycles. The fraction of sp³-hybridized carbons (Fsp3) is 0.400. The fourth-order valence-electron chi connectivity index (χ4n) is 1.63. The van der Waals surface area contributed by atoms with Gasteiger partial charge in [-0.2, -0.15) is 0 Å². The molecule has 0 aliphatic heterocycles. The van der Waals surface area contributed by atoms with E-state index in [-0.39, 0.29) is 11.6 Å². The highest BCUT2D eigenvalue weighted by atomic mass is 19.1. The number of hydrogen-bond donors (Lipinski definition) is 2. The molecule has 0 saturated heterocycles. The Hall–Kier alpha value is -1.09. The molecule has 0 heterocycles. The van der Waals surface area contributed by atoms with Gasteiger partial charge in [0.05, 0.1) is 5.60 Å². The summed E-state index contributed by atoms with van der Waals surface area (Å²) in [6.07, 6.45) is 1.20. The molecular formula is C10H11FO2. The molecule has 3 heteroatoms. The van der Waals surface area contributed by atoms with Gasteiger partial charge in [-0.05, 0) is 37.5 Å². The quantitative estimate of drug-likeness (QED) is 0.695. The largest absolute Gasteiger partial charge is 0.508 e. The molecule has 0 bridgehead atoms. The molecular weight excluding hydrogens is 171 g/mol. The van der Waals surface area contributed by atoms with Crippen LogP contribution in [-0.2, 0) is 5.60 Å². The van der Waals surface area contributed by atoms with E-state index >= 15 is 0 Å². The van der Waals surface area contributed by atoms with Crippen molar-refractivity contribution >= 4 is 0 Å². The molecule has 0 amide bonds. The van der Waals surface area contributed by atoms with Gasteiger partial charge < -0.3 is 10.2 Å². The molecule has 2 N–H and O–H groups in total. The van der Waals surface area contributed by atoms with Crippen molar-refractivity contribution in [1.29, 1.82) is 0 Å². The fourth-order valence-corrected chi connectivity index (χ4v) is 1.63. The SMILES string of the molecule is Cc1c(F)ccc(O)c1C1(O)CC1. The van der Waals surface area contributed by atoms with E-state index in [1.165, 1.54) is 12.1 Å². The van der Waals surface area contributed by atoms with Crippen molar-refractivity contribution in [3.8, 4) is 5.75 Å². The van der Waals surface area contributed by atoms with E-state index in [0.29, 0.717) is 24.0 Å². The van der Waals surface area contributed by atoms with Crippen molar-refractivity contribution in [2.75, 3.05) is 0 Å². The van der Waals surface area contributed by atoms with Gasteiger partial charge in [-0.15, -0.1) is 0 Å². The summed E-state index contributed by atoms with van der Waals surface area (Å²) in [5.41, 5.74) is -0.275. The summed E-state index contributed by atoms with van der Waals surface area (Å²) in [4.78, 5) is 0. The Bertz CT molecular complexity index is 356. The molecule has 1 fully saturated rings. The number of benzene rings is 1. The van der Waals surface area contributed by atoms with Crippen LogP contribution in [0.1, 0.15) is 24.0 Å². The number of phenols is 1. The van der Waals surface area contributed by atoms with Crippen LogP contribution in [0.4, 0.5) is 4.39 Å². The molecule has 0 unspecified atom stereocenters. The molecule has 1 aromatic carbocycles. The minimum Gasteiger partial charge on any atom is -0.508 e. The van der Waals surface area contributed by atoms with E-state index in [9.17, 15) is 14.6 Å². The summed E-state index contributed by atoms with van der Waals surface area (Å²) in [5.74, 6) is -0.396. The second kappa shape index (κ2) is 2.45. The number of aliphatic hydroxyl groups is 1. The summed E-state index contributed by atoms with van der Waals surface area (Å²) in [7, 11) is 0. The minimum absolute atomic E-state index is 0.0149. The Morgan fingerprint density at radius 2 is 2.00 bits per heavy atom. The maximum atomic E-state index is 13.1. The third kappa shape index (κ3) is 1.20. The molecule has 70 valence electrons. The summed E-state index contributed by atoms with van der Waals surface area (Å²) in [5, 5.41) is 19.2. The van der Waals surface area contributed by atoms with Crippen molar-refractivity contribution in [2.24, 2.45) is 0 Å². The van der Waals surface area contributed by atoms with Crippen LogP contribution in [-0.4, -0.2) is 10.2 Å². The Morgan fingerprint density at radius 1 is 1.38 bits per heavy atom. The highest BCUT2D eigenvalue weighted by Crippen LogP contribution is 2.50. The molecule has 0 spiro atoms. The van der Waals surface area contributed by atoms with E-state index in [4.69, 9.17) is 0 Å². The van der Waals surface area contributed by atoms with Gasteiger partial charge in [0.2, 0.25) is 0 Å². The third-order valence-electron chi connectivity index (χ3n) is 2.57. The number of phenolic OH excluding ortho intramolecular Hbond substituents is 1. The minimum atomic E-state index is -0.976. The van der Waals surface area contributed by atoms with Crippen molar-refractivity contribution in [2.45, 2.75) is 25.4 Å². The van der Waals surface area contributed by atoms with Gasteiger partial charge in [-0.1, -0.05) is 0 Å². The zero-order valence-corrected chi connectivity index (χ0v) is 7.34. The normalized spacial score (nSPS) is 18.7. The third-order valence-corrected chi connectivity index (χ3v) is 2.57. The predicted octanol–water partition coefficient (Wildman–Crippen LogP) is 1.82. The summed E-state index contributed by atoms with van der Waals surface area (Å²) >= 11 is 0. The van der Waals surface area contributed by atoms with E-state index in [1.807, 2.05) is 0 Å². The Kier molecular flexibility index (Phi) is 1.60. The lowest BCUT2D eigenvalue weighted by molar-refractivity contribution is 0.146. The van der Waals surface area contributed by atoms with Gasteiger partial charge in [0.1, 0.15) is 11.6 Å². The maximum Gasteiger partial charge on any atom is 0.126 e. The van der Waals surface area contributed by atoms with Crippen molar-refractivity contribution < 1.29 is 14.6 Å². The number of aromatic hydroxyl groups is 1. The van der Waals surface area contributed by atoms with Crippen LogP contribution in [0.25, 0.3) is 0 Å². The van der Waals surface area contributed by atoms with Gasteiger partial charge >= 0.3 is 0 Å². The maximum absolute atomic E-state index is 13.1. The molecule has 13 heavy (non-hydrogen) atoms. The van der Waals surface area contributed by atoms with Gasteiger partial charge in [0.25, 0.3) is 0 Å². The first-order valence-corrected chi connectivity index (χ1v) is 4.25. The highest BCUT2D eigenvalue weighted by molar-refractivity contribution is 5.46. The van der Waals surface area contributed by atoms with Gasteiger partial charge in [-0.25, -0.2) is 4.39 Å². The van der Waals surface area contributed by atoms with Crippen LogP contribution in [0.15, 0.2) is 12.1 Å². The van der Waals surface area contributed by atoms with Crippen molar-refractivity contribution in [3.63, 3.8) is 0 Å². The van der Waals surface area contributed by atoms with Crippen molar-refractivity contribution in [1.82, 2.24) is 0 Å². The standard InChI is InChI=1S/C10H11FO2/c1-6-7(11)2-3-8(12)9(6)10(13)4-5-10/h2-3,12-13H,4-5H2,1H3. The van der Waals surface area contributed by atoms with Crippen LogP contribution < -0.4 is 0 Å². The van der Waals surface area contributed by atoms with Crippen molar-refractivity contribution in [3.05, 3.63) is 29.1 Å². The van der Waals surface area contributed by atoms with Crippen LogP contribution in [0.2, 0.25) is 0 Å². The molecule has 1 aliphatic carbocycles. The molecule has 2 rings (SSSR count). The first kappa shape index (κ1) is 8.51. The molecule has 1 aromatic rings. The second-order valence-corrected chi connectivity index (χ2v) is 3.60. The van der Waals surface area contributed by atoms with Crippen LogP contribution in [0.3, 0.4) is 0 Å². The van der Waals surface area contributed by atoms with E-state index in [2.05, 4.69) is 0 Å². The summed E-state index contributed by atoms with van der Waals surface area (Å²) in [6.45, 7) is 1.57. The zero-order chi connectivity index (χ0) is 9.64. The lowest BCUT2D eigenvalue weighted by atomic mass is 10.00. The van der Waals surface area contributed by atoms with Gasteiger partial charge in [0, 0.05) is 5.56 Å². The average Bonchev–Trinajstić information content (AvgIpc) is 2.78. The summed E-state index contributed by atoms with van der Waals surface area (Å²) < 4.78 is 13.1. The molecule has 1 saturated carbocycles. The Morgan fingerprint density at radius 3 is 2.54 bits per heavy atom. The highest BCUT2D eigenvalue weighted by Gasteiger charge is 2.45. The lowest BCUT2D eigenvalue weighted by Crippen LogP contribution is -2.08. The van der Waals surface area contributed by atoms with E-state index in [0.717, 1.165) is 0 Å². The first-order valence-electron chi connectivity index (χ1n) is 4.25. The predicted molar refractivity (Wildman–Crippen MR) is 45.9 cm³/mol. The average molecular weight is 182 g/mol. The summed E-state index contributed by atoms with van der Waals surface area (Å²) in [6, 6.07) is 2.49. The van der Waals surface area contributed by atoms with Crippen LogP contribution in [0.5, 0.6) is 5.75 Å². The number of hydrogen-bond acceptors (Lipinski definition) is 2. The molecule has 1 aliphatic rings. The van der Waals surface area contributed by atoms with Gasteiger partial charge in [-0.3, -0.25) is 0 Å². The molecule has 0 atom stereocenters. The van der Waals surface area contributed by atoms with Crippen LogP contribution >= 0.6 is 0 Å². The Labute approximate surface area is 75.6 Å². The topological polar surface area (TPSA) is 40.5 Å². The number of halogens is 1. The van der Waals surface area contributed by atoms with Gasteiger partial charge in [0.15, 0.2) is 0 Å². The zero-order valence-electron chi connectivity index (χ0n) is 7.34. The monoisotopic (exact) mass is 182 g/mol.